The normalized spacial score (nSPS) is 10.2. The Labute approximate surface area is 95.5 Å². The van der Waals surface area contributed by atoms with Crippen LogP contribution in [0.15, 0.2) is 29.1 Å². The zero-order chi connectivity index (χ0) is 10.5. The average Bonchev–Trinajstić information content (AvgIpc) is 2.71. The number of rotatable bonds is 4. The maximum atomic E-state index is 4.25. The van der Waals surface area contributed by atoms with E-state index in [9.17, 15) is 0 Å². The van der Waals surface area contributed by atoms with E-state index >= 15 is 0 Å². The van der Waals surface area contributed by atoms with E-state index in [4.69, 9.17) is 0 Å². The number of aromatic nitrogens is 4. The minimum Gasteiger partial charge on any atom is -0.370 e. The number of anilines is 1. The molecule has 2 aromatic rings. The van der Waals surface area contributed by atoms with Crippen LogP contribution < -0.4 is 5.32 Å². The van der Waals surface area contributed by atoms with Crippen molar-refractivity contribution in [1.82, 2.24) is 20.2 Å². The fraction of sp³-hybridized carbons (Fsp3) is 0.222. The van der Waals surface area contributed by atoms with Gasteiger partial charge in [-0.05, 0) is 28.1 Å². The number of hydrogen-bond donors (Lipinski definition) is 2. The number of nitrogens with zero attached hydrogens (tertiary/aromatic N) is 3. The van der Waals surface area contributed by atoms with Crippen LogP contribution in [0, 0.1) is 0 Å². The number of pyridine rings is 1. The van der Waals surface area contributed by atoms with Gasteiger partial charge in [0.25, 0.3) is 0 Å². The number of hydrogen-bond acceptors (Lipinski definition) is 4. The van der Waals surface area contributed by atoms with Gasteiger partial charge < -0.3 is 5.32 Å². The van der Waals surface area contributed by atoms with Gasteiger partial charge in [-0.3, -0.25) is 5.10 Å². The van der Waals surface area contributed by atoms with E-state index < -0.39 is 0 Å². The van der Waals surface area contributed by atoms with Crippen molar-refractivity contribution in [3.05, 3.63) is 35.0 Å². The lowest BCUT2D eigenvalue weighted by atomic mass is 10.4. The first-order chi connectivity index (χ1) is 7.34. The topological polar surface area (TPSA) is 66.5 Å². The molecule has 2 aromatic heterocycles. The van der Waals surface area contributed by atoms with Crippen LogP contribution in [0.1, 0.15) is 5.82 Å². The lowest BCUT2D eigenvalue weighted by molar-refractivity contribution is 0.896. The Morgan fingerprint density at radius 1 is 1.40 bits per heavy atom. The highest BCUT2D eigenvalue weighted by Gasteiger charge is 1.97. The van der Waals surface area contributed by atoms with E-state index in [-0.39, 0.29) is 0 Å². The fourth-order valence-electron chi connectivity index (χ4n) is 1.17. The van der Waals surface area contributed by atoms with Gasteiger partial charge in [0.2, 0.25) is 0 Å². The van der Waals surface area contributed by atoms with Crippen molar-refractivity contribution in [3.8, 4) is 0 Å². The maximum absolute atomic E-state index is 4.25. The molecule has 6 heteroatoms. The summed E-state index contributed by atoms with van der Waals surface area (Å²) in [6.07, 6.45) is 2.31. The molecule has 0 aliphatic carbocycles. The van der Waals surface area contributed by atoms with Gasteiger partial charge in [-0.15, -0.1) is 0 Å². The predicted octanol–water partition coefficient (Wildman–Crippen LogP) is 1.62. The molecule has 78 valence electrons. The lowest BCUT2D eigenvalue weighted by Gasteiger charge is -2.03. The van der Waals surface area contributed by atoms with Crippen LogP contribution in [0.3, 0.4) is 0 Å². The van der Waals surface area contributed by atoms with Gasteiger partial charge in [0.1, 0.15) is 22.6 Å². The molecule has 15 heavy (non-hydrogen) atoms. The van der Waals surface area contributed by atoms with Gasteiger partial charge >= 0.3 is 0 Å². The first kappa shape index (κ1) is 10.1. The summed E-state index contributed by atoms with van der Waals surface area (Å²) < 4.78 is 0.826. The van der Waals surface area contributed by atoms with Crippen molar-refractivity contribution in [2.75, 3.05) is 11.9 Å². The van der Waals surface area contributed by atoms with Crippen LogP contribution in [-0.4, -0.2) is 26.7 Å². The summed E-state index contributed by atoms with van der Waals surface area (Å²) in [7, 11) is 0. The lowest BCUT2D eigenvalue weighted by Crippen LogP contribution is -2.07. The van der Waals surface area contributed by atoms with E-state index in [0.29, 0.717) is 0 Å². The smallest absolute Gasteiger partial charge is 0.137 e. The van der Waals surface area contributed by atoms with Crippen molar-refractivity contribution in [3.63, 3.8) is 0 Å². The SMILES string of the molecule is Brc1cccc(NCCc2ncn[nH]2)n1. The zero-order valence-electron chi connectivity index (χ0n) is 7.94. The molecule has 0 saturated heterocycles. The molecule has 0 spiro atoms. The van der Waals surface area contributed by atoms with Gasteiger partial charge in [-0.1, -0.05) is 6.07 Å². The molecule has 2 heterocycles. The molecule has 2 rings (SSSR count). The van der Waals surface area contributed by atoms with Gasteiger partial charge in [0.05, 0.1) is 0 Å². The number of H-pyrrole nitrogens is 1. The van der Waals surface area contributed by atoms with Crippen molar-refractivity contribution < 1.29 is 0 Å². The summed E-state index contributed by atoms with van der Waals surface area (Å²) >= 11 is 3.31. The third kappa shape index (κ3) is 3.02. The Morgan fingerprint density at radius 3 is 3.07 bits per heavy atom. The Kier molecular flexibility index (Phi) is 3.29. The summed E-state index contributed by atoms with van der Waals surface area (Å²) in [5, 5.41) is 9.77. The highest BCUT2D eigenvalue weighted by atomic mass is 79.9. The number of aromatic amines is 1. The van der Waals surface area contributed by atoms with Crippen LogP contribution in [0.4, 0.5) is 5.82 Å². The minimum atomic E-state index is 0.776. The van der Waals surface area contributed by atoms with E-state index in [2.05, 4.69) is 41.4 Å². The van der Waals surface area contributed by atoms with Crippen LogP contribution in [0.5, 0.6) is 0 Å². The highest BCUT2D eigenvalue weighted by molar-refractivity contribution is 9.10. The van der Waals surface area contributed by atoms with E-state index in [1.807, 2.05) is 18.2 Å². The monoisotopic (exact) mass is 267 g/mol. The van der Waals surface area contributed by atoms with Crippen LogP contribution in [0.2, 0.25) is 0 Å². The first-order valence-electron chi connectivity index (χ1n) is 4.55. The quantitative estimate of drug-likeness (QED) is 0.827. The van der Waals surface area contributed by atoms with E-state index in [1.54, 1.807) is 0 Å². The highest BCUT2D eigenvalue weighted by Crippen LogP contribution is 2.09. The molecular formula is C9H10BrN5. The van der Waals surface area contributed by atoms with E-state index in [1.165, 1.54) is 6.33 Å². The molecule has 0 aliphatic heterocycles. The molecule has 0 amide bonds. The predicted molar refractivity (Wildman–Crippen MR) is 60.5 cm³/mol. The second kappa shape index (κ2) is 4.88. The maximum Gasteiger partial charge on any atom is 0.137 e. The molecular weight excluding hydrogens is 258 g/mol. The summed E-state index contributed by atoms with van der Waals surface area (Å²) in [4.78, 5) is 8.28. The van der Waals surface area contributed by atoms with Crippen LogP contribution in [-0.2, 0) is 6.42 Å². The molecule has 0 radical (unpaired) electrons. The average molecular weight is 268 g/mol. The molecule has 0 fully saturated rings. The molecule has 0 aliphatic rings. The van der Waals surface area contributed by atoms with Gasteiger partial charge in [0, 0.05) is 13.0 Å². The minimum absolute atomic E-state index is 0.776. The second-order valence-corrected chi connectivity index (χ2v) is 3.77. The third-order valence-corrected chi connectivity index (χ3v) is 2.29. The zero-order valence-corrected chi connectivity index (χ0v) is 9.53. The standard InChI is InChI=1S/C9H10BrN5/c10-7-2-1-3-8(14-7)11-5-4-9-12-6-13-15-9/h1-3,6H,4-5H2,(H,11,14)(H,12,13,15). The summed E-state index contributed by atoms with van der Waals surface area (Å²) in [5.74, 6) is 1.72. The van der Waals surface area contributed by atoms with Crippen LogP contribution >= 0.6 is 15.9 Å². The van der Waals surface area contributed by atoms with Gasteiger partial charge in [-0.2, -0.15) is 5.10 Å². The van der Waals surface area contributed by atoms with Crippen molar-refractivity contribution in [2.45, 2.75) is 6.42 Å². The molecule has 5 nitrogen and oxygen atoms in total. The Balaban J connectivity index is 1.83. The van der Waals surface area contributed by atoms with Crippen LogP contribution in [0.25, 0.3) is 0 Å². The van der Waals surface area contributed by atoms with Crippen molar-refractivity contribution in [2.24, 2.45) is 0 Å². The molecule has 0 unspecified atom stereocenters. The van der Waals surface area contributed by atoms with E-state index in [0.717, 1.165) is 29.2 Å². The van der Waals surface area contributed by atoms with Crippen molar-refractivity contribution >= 4 is 21.7 Å². The Bertz CT molecular complexity index is 414. The Hall–Kier alpha value is -1.43. The number of halogens is 1. The summed E-state index contributed by atoms with van der Waals surface area (Å²) in [5.41, 5.74) is 0. The molecule has 0 atom stereocenters. The first-order valence-corrected chi connectivity index (χ1v) is 5.34. The molecule has 0 saturated carbocycles. The molecule has 2 N–H and O–H groups in total. The third-order valence-electron chi connectivity index (χ3n) is 1.85. The summed E-state index contributed by atoms with van der Waals surface area (Å²) in [6.45, 7) is 0.776. The fourth-order valence-corrected chi connectivity index (χ4v) is 1.51. The molecule has 0 bridgehead atoms. The molecule has 0 aromatic carbocycles. The van der Waals surface area contributed by atoms with Crippen molar-refractivity contribution in [1.29, 1.82) is 0 Å². The van der Waals surface area contributed by atoms with Gasteiger partial charge in [0.15, 0.2) is 0 Å². The summed E-state index contributed by atoms with van der Waals surface area (Å²) in [6, 6.07) is 5.75. The second-order valence-electron chi connectivity index (χ2n) is 2.95. The number of nitrogens with one attached hydrogen (secondary N) is 2. The largest absolute Gasteiger partial charge is 0.370 e. The van der Waals surface area contributed by atoms with Gasteiger partial charge in [-0.25, -0.2) is 9.97 Å². The Morgan fingerprint density at radius 2 is 2.33 bits per heavy atom.